The van der Waals surface area contributed by atoms with Crippen LogP contribution in [0.1, 0.15) is 17.5 Å². The van der Waals surface area contributed by atoms with Crippen molar-refractivity contribution in [3.05, 3.63) is 59.2 Å². The number of carbonyl (C=O) groups is 1. The molecule has 1 amide bonds. The SMILES string of the molecule is Cc1cccc(N2CCN(CCC(=O)Nc3c(F)cccc3F)CC2)c1C. The third-order valence-electron chi connectivity index (χ3n) is 5.17. The van der Waals surface area contributed by atoms with E-state index in [9.17, 15) is 13.6 Å². The maximum absolute atomic E-state index is 13.6. The number of hydrogen-bond acceptors (Lipinski definition) is 3. The van der Waals surface area contributed by atoms with Crippen molar-refractivity contribution >= 4 is 17.3 Å². The molecule has 2 aromatic carbocycles. The van der Waals surface area contributed by atoms with Crippen LogP contribution >= 0.6 is 0 Å². The predicted molar refractivity (Wildman–Crippen MR) is 104 cm³/mol. The molecule has 3 rings (SSSR count). The number of nitrogens with zero attached hydrogens (tertiary/aromatic N) is 2. The molecule has 0 saturated carbocycles. The molecule has 144 valence electrons. The highest BCUT2D eigenvalue weighted by Gasteiger charge is 2.20. The Morgan fingerprint density at radius 1 is 1.00 bits per heavy atom. The van der Waals surface area contributed by atoms with Crippen LogP contribution in [-0.4, -0.2) is 43.5 Å². The van der Waals surface area contributed by atoms with Crippen LogP contribution in [0.5, 0.6) is 0 Å². The minimum atomic E-state index is -0.759. The van der Waals surface area contributed by atoms with Gasteiger partial charge in [-0.3, -0.25) is 9.69 Å². The van der Waals surface area contributed by atoms with Crippen LogP contribution in [0.2, 0.25) is 0 Å². The Bertz CT molecular complexity index is 797. The first-order valence-electron chi connectivity index (χ1n) is 9.23. The summed E-state index contributed by atoms with van der Waals surface area (Å²) in [4.78, 5) is 16.6. The summed E-state index contributed by atoms with van der Waals surface area (Å²) in [5.41, 5.74) is 3.48. The Labute approximate surface area is 158 Å². The number of rotatable bonds is 5. The van der Waals surface area contributed by atoms with Crippen molar-refractivity contribution in [1.29, 1.82) is 0 Å². The summed E-state index contributed by atoms with van der Waals surface area (Å²) < 4.78 is 27.2. The zero-order valence-electron chi connectivity index (χ0n) is 15.8. The maximum atomic E-state index is 13.6. The lowest BCUT2D eigenvalue weighted by Gasteiger charge is -2.37. The van der Waals surface area contributed by atoms with Crippen molar-refractivity contribution in [3.63, 3.8) is 0 Å². The summed E-state index contributed by atoms with van der Waals surface area (Å²) >= 11 is 0. The monoisotopic (exact) mass is 373 g/mol. The smallest absolute Gasteiger partial charge is 0.225 e. The van der Waals surface area contributed by atoms with E-state index < -0.39 is 11.6 Å². The van der Waals surface area contributed by atoms with Gasteiger partial charge in [-0.1, -0.05) is 18.2 Å². The van der Waals surface area contributed by atoms with Crippen LogP contribution in [0.25, 0.3) is 0 Å². The number of aryl methyl sites for hydroxylation is 1. The van der Waals surface area contributed by atoms with Gasteiger partial charge in [-0.05, 0) is 43.2 Å². The number of amides is 1. The molecule has 1 heterocycles. The van der Waals surface area contributed by atoms with Gasteiger partial charge in [0.05, 0.1) is 0 Å². The first-order chi connectivity index (χ1) is 13.0. The first-order valence-corrected chi connectivity index (χ1v) is 9.23. The normalized spacial score (nSPS) is 15.0. The second-order valence-electron chi connectivity index (χ2n) is 6.94. The standard InChI is InChI=1S/C21H25F2N3O/c1-15-5-3-8-19(16(15)2)26-13-11-25(12-14-26)10-9-20(27)24-21-17(22)6-4-7-18(21)23/h3-8H,9-14H2,1-2H3,(H,24,27). The van der Waals surface area contributed by atoms with Crippen LogP contribution in [0.4, 0.5) is 20.2 Å². The van der Waals surface area contributed by atoms with Gasteiger partial charge in [0.2, 0.25) is 5.91 Å². The molecule has 4 nitrogen and oxygen atoms in total. The van der Waals surface area contributed by atoms with Crippen LogP contribution in [0.15, 0.2) is 36.4 Å². The van der Waals surface area contributed by atoms with Gasteiger partial charge in [0.15, 0.2) is 0 Å². The van der Waals surface area contributed by atoms with Gasteiger partial charge < -0.3 is 10.2 Å². The molecular weight excluding hydrogens is 348 g/mol. The third kappa shape index (κ3) is 4.63. The molecule has 0 bridgehead atoms. The van der Waals surface area contributed by atoms with Crippen LogP contribution in [0, 0.1) is 25.5 Å². The molecule has 0 aromatic heterocycles. The van der Waals surface area contributed by atoms with E-state index in [0.29, 0.717) is 6.54 Å². The van der Waals surface area contributed by atoms with Crippen molar-refractivity contribution in [2.75, 3.05) is 42.9 Å². The summed E-state index contributed by atoms with van der Waals surface area (Å²) in [5.74, 6) is -1.90. The molecule has 0 spiro atoms. The molecule has 1 aliphatic rings. The van der Waals surface area contributed by atoms with Crippen LogP contribution < -0.4 is 10.2 Å². The minimum absolute atomic E-state index is 0.206. The topological polar surface area (TPSA) is 35.6 Å². The molecule has 1 saturated heterocycles. The molecule has 1 aliphatic heterocycles. The van der Waals surface area contributed by atoms with E-state index >= 15 is 0 Å². The predicted octanol–water partition coefficient (Wildman–Crippen LogP) is 3.73. The second-order valence-corrected chi connectivity index (χ2v) is 6.94. The van der Waals surface area contributed by atoms with E-state index in [4.69, 9.17) is 0 Å². The fraction of sp³-hybridized carbons (Fsp3) is 0.381. The number of nitrogens with one attached hydrogen (secondary N) is 1. The highest BCUT2D eigenvalue weighted by atomic mass is 19.1. The molecule has 1 N–H and O–H groups in total. The van der Waals surface area contributed by atoms with Gasteiger partial charge in [0.25, 0.3) is 0 Å². The third-order valence-corrected chi connectivity index (χ3v) is 5.17. The van der Waals surface area contributed by atoms with Crippen molar-refractivity contribution < 1.29 is 13.6 Å². The van der Waals surface area contributed by atoms with E-state index in [-0.39, 0.29) is 18.0 Å². The van der Waals surface area contributed by atoms with Gasteiger partial charge in [-0.25, -0.2) is 8.78 Å². The van der Waals surface area contributed by atoms with Crippen LogP contribution in [-0.2, 0) is 4.79 Å². The molecular formula is C21H25F2N3O. The average Bonchev–Trinajstić information content (AvgIpc) is 2.66. The van der Waals surface area contributed by atoms with Gasteiger partial charge >= 0.3 is 0 Å². The highest BCUT2D eigenvalue weighted by molar-refractivity contribution is 5.91. The Balaban J connectivity index is 1.48. The zero-order chi connectivity index (χ0) is 19.4. The van der Waals surface area contributed by atoms with Crippen molar-refractivity contribution in [2.24, 2.45) is 0 Å². The Morgan fingerprint density at radius 3 is 2.30 bits per heavy atom. The number of piperazine rings is 1. The summed E-state index contributed by atoms with van der Waals surface area (Å²) in [6.07, 6.45) is 0.206. The second kappa shape index (κ2) is 8.48. The van der Waals surface area contributed by atoms with E-state index in [0.717, 1.165) is 38.3 Å². The largest absolute Gasteiger partial charge is 0.369 e. The molecule has 0 radical (unpaired) electrons. The number of hydrogen-bond donors (Lipinski definition) is 1. The number of benzene rings is 2. The maximum Gasteiger partial charge on any atom is 0.225 e. The first kappa shape index (κ1) is 19.3. The zero-order valence-corrected chi connectivity index (χ0v) is 15.8. The molecule has 6 heteroatoms. The van der Waals surface area contributed by atoms with Crippen LogP contribution in [0.3, 0.4) is 0 Å². The summed E-state index contributed by atoms with van der Waals surface area (Å²) in [6.45, 7) is 8.34. The lowest BCUT2D eigenvalue weighted by atomic mass is 10.1. The fourth-order valence-electron chi connectivity index (χ4n) is 3.37. The Hall–Kier alpha value is -2.47. The Kier molecular flexibility index (Phi) is 6.06. The molecule has 0 aliphatic carbocycles. The number of anilines is 2. The minimum Gasteiger partial charge on any atom is -0.369 e. The summed E-state index contributed by atoms with van der Waals surface area (Å²) in [5, 5.41) is 2.34. The fourth-order valence-corrected chi connectivity index (χ4v) is 3.37. The van der Waals surface area contributed by atoms with Gasteiger partial charge in [0.1, 0.15) is 17.3 Å². The van der Waals surface area contributed by atoms with E-state index in [1.807, 2.05) is 0 Å². The number of carbonyl (C=O) groups excluding carboxylic acids is 1. The molecule has 2 aromatic rings. The quantitative estimate of drug-likeness (QED) is 0.867. The highest BCUT2D eigenvalue weighted by Crippen LogP contribution is 2.24. The van der Waals surface area contributed by atoms with Crippen molar-refractivity contribution in [1.82, 2.24) is 4.90 Å². The van der Waals surface area contributed by atoms with Gasteiger partial charge in [-0.2, -0.15) is 0 Å². The molecule has 1 fully saturated rings. The average molecular weight is 373 g/mol. The Morgan fingerprint density at radius 2 is 1.63 bits per heavy atom. The van der Waals surface area contributed by atoms with E-state index in [1.165, 1.54) is 22.9 Å². The summed E-state index contributed by atoms with van der Waals surface area (Å²) in [7, 11) is 0. The van der Waals surface area contributed by atoms with Gasteiger partial charge in [-0.15, -0.1) is 0 Å². The number of para-hydroxylation sites is 1. The lowest BCUT2D eigenvalue weighted by molar-refractivity contribution is -0.116. The lowest BCUT2D eigenvalue weighted by Crippen LogP contribution is -2.47. The van der Waals surface area contributed by atoms with E-state index in [1.54, 1.807) is 0 Å². The van der Waals surface area contributed by atoms with E-state index in [2.05, 4.69) is 47.2 Å². The summed E-state index contributed by atoms with van der Waals surface area (Å²) in [6, 6.07) is 9.88. The number of halogens is 2. The molecule has 0 atom stereocenters. The van der Waals surface area contributed by atoms with Crippen molar-refractivity contribution in [3.8, 4) is 0 Å². The molecule has 0 unspecified atom stereocenters. The molecule has 27 heavy (non-hydrogen) atoms. The van der Waals surface area contributed by atoms with Gasteiger partial charge in [0, 0.05) is 44.8 Å². The van der Waals surface area contributed by atoms with Crippen molar-refractivity contribution in [2.45, 2.75) is 20.3 Å².